The van der Waals surface area contributed by atoms with Crippen LogP contribution in [0.15, 0.2) is 36.4 Å². The average molecular weight is 618 g/mol. The quantitative estimate of drug-likeness (QED) is 0.0438. The third kappa shape index (κ3) is 15.7. The van der Waals surface area contributed by atoms with Crippen molar-refractivity contribution in [2.45, 2.75) is 122 Å². The lowest BCUT2D eigenvalue weighted by molar-refractivity contribution is -0.205. The largest absolute Gasteiger partial charge is 0.481 e. The molecular formula is C35H55NO8. The molecule has 0 aliphatic rings. The summed E-state index contributed by atoms with van der Waals surface area (Å²) >= 11 is 0. The zero-order valence-corrected chi connectivity index (χ0v) is 26.9. The highest BCUT2D eigenvalue weighted by atomic mass is 16.5. The Bertz CT molecular complexity index is 1010. The van der Waals surface area contributed by atoms with Gasteiger partial charge in [-0.15, -0.1) is 5.92 Å². The maximum atomic E-state index is 13.4. The van der Waals surface area contributed by atoms with Gasteiger partial charge in [0.25, 0.3) is 0 Å². The van der Waals surface area contributed by atoms with Crippen LogP contribution in [0.3, 0.4) is 0 Å². The van der Waals surface area contributed by atoms with E-state index in [9.17, 15) is 30.0 Å². The van der Waals surface area contributed by atoms with Crippen LogP contribution in [-0.4, -0.2) is 70.1 Å². The van der Waals surface area contributed by atoms with Gasteiger partial charge in [0.05, 0.1) is 5.92 Å². The number of rotatable bonds is 25. The topological polar surface area (TPSA) is 146 Å². The van der Waals surface area contributed by atoms with Crippen molar-refractivity contribution < 1.29 is 39.5 Å². The Balaban J connectivity index is 2.73. The number of ether oxygens (including phenoxy) is 2. The van der Waals surface area contributed by atoms with Crippen molar-refractivity contribution in [2.24, 2.45) is 5.92 Å². The van der Waals surface area contributed by atoms with Gasteiger partial charge in [-0.05, 0) is 56.7 Å². The molecule has 0 saturated heterocycles. The van der Waals surface area contributed by atoms with E-state index in [1.807, 2.05) is 0 Å². The number of aliphatic hydroxyl groups excluding tert-OH is 1. The predicted molar refractivity (Wildman–Crippen MR) is 172 cm³/mol. The van der Waals surface area contributed by atoms with Gasteiger partial charge >= 0.3 is 5.97 Å². The predicted octanol–water partition coefficient (Wildman–Crippen LogP) is 5.15. The second kappa shape index (κ2) is 23.5. The van der Waals surface area contributed by atoms with E-state index < -0.39 is 35.7 Å². The molecule has 0 unspecified atom stereocenters. The van der Waals surface area contributed by atoms with Crippen molar-refractivity contribution in [2.75, 3.05) is 19.8 Å². The number of carboxylic acids is 1. The molecule has 248 valence electrons. The van der Waals surface area contributed by atoms with Gasteiger partial charge in [-0.1, -0.05) is 89.0 Å². The fourth-order valence-corrected chi connectivity index (χ4v) is 4.90. The van der Waals surface area contributed by atoms with Crippen molar-refractivity contribution in [3.8, 4) is 17.6 Å². The van der Waals surface area contributed by atoms with Gasteiger partial charge in [0.1, 0.15) is 24.0 Å². The minimum absolute atomic E-state index is 0.0109. The summed E-state index contributed by atoms with van der Waals surface area (Å²) in [5.74, 6) is 2.73. The molecule has 9 heteroatoms. The summed E-state index contributed by atoms with van der Waals surface area (Å²) in [7, 11) is 0. The van der Waals surface area contributed by atoms with Crippen LogP contribution in [0.2, 0.25) is 0 Å². The number of benzene rings is 1. The maximum Gasteiger partial charge on any atom is 0.326 e. The number of unbranched alkanes of at least 4 members (excludes halogenated alkanes) is 8. The molecular weight excluding hydrogens is 562 g/mol. The Hall–Kier alpha value is -2.90. The van der Waals surface area contributed by atoms with Crippen LogP contribution in [0.4, 0.5) is 0 Å². The van der Waals surface area contributed by atoms with Gasteiger partial charge in [0, 0.05) is 19.6 Å². The summed E-state index contributed by atoms with van der Waals surface area (Å²) in [6.07, 6.45) is 11.9. The fourth-order valence-electron chi connectivity index (χ4n) is 4.90. The molecule has 0 fully saturated rings. The van der Waals surface area contributed by atoms with E-state index in [2.05, 4.69) is 24.1 Å². The Kier molecular flexibility index (Phi) is 20.9. The van der Waals surface area contributed by atoms with E-state index in [1.54, 1.807) is 44.2 Å². The van der Waals surface area contributed by atoms with Gasteiger partial charge in [0.15, 0.2) is 6.29 Å². The number of hydrogen-bond donors (Lipinski definition) is 5. The number of aliphatic carboxylic acids is 1. The lowest BCUT2D eigenvalue weighted by Gasteiger charge is -2.35. The van der Waals surface area contributed by atoms with Crippen molar-refractivity contribution in [3.63, 3.8) is 0 Å². The molecule has 0 aromatic heterocycles. The molecule has 9 nitrogen and oxygen atoms in total. The maximum absolute atomic E-state index is 13.4. The van der Waals surface area contributed by atoms with Crippen LogP contribution < -0.4 is 10.1 Å². The first-order valence-electron chi connectivity index (χ1n) is 16.2. The van der Waals surface area contributed by atoms with E-state index in [4.69, 9.17) is 9.47 Å². The molecule has 0 aliphatic heterocycles. The summed E-state index contributed by atoms with van der Waals surface area (Å²) < 4.78 is 11.2. The summed E-state index contributed by atoms with van der Waals surface area (Å²) in [6.45, 7) is 7.48. The highest BCUT2D eigenvalue weighted by molar-refractivity contribution is 5.87. The number of aliphatic hydroxyl groups is 3. The Morgan fingerprint density at radius 3 is 2.16 bits per heavy atom. The van der Waals surface area contributed by atoms with Crippen LogP contribution in [0, 0.1) is 17.8 Å². The van der Waals surface area contributed by atoms with Crippen molar-refractivity contribution >= 4 is 11.9 Å². The van der Waals surface area contributed by atoms with Gasteiger partial charge in [-0.3, -0.25) is 4.79 Å². The van der Waals surface area contributed by atoms with Crippen molar-refractivity contribution in [1.29, 1.82) is 0 Å². The van der Waals surface area contributed by atoms with E-state index in [-0.39, 0.29) is 19.4 Å². The number of carbonyl (C=O) groups is 2. The molecule has 1 aromatic rings. The van der Waals surface area contributed by atoms with E-state index in [0.717, 1.165) is 45.3 Å². The monoisotopic (exact) mass is 617 g/mol. The zero-order chi connectivity index (χ0) is 32.6. The standard InChI is InChI=1S/C35H55NO8/c1-4-7-9-13-16-24-43-25-17-14-11-10-12-15-18-30(35(42,23-6-3)34(40)41)32(37)36-31(33(38)39)27-28-19-21-29(22-20-28)44-26-8-5-2/h15,18-22,30-31,34,40-42H,4,6-7,9-14,16-17,23-27H2,1-3H3,(H,36,37)(H,38,39)/b18-15+/t30-,31+,35+/m1/s1. The highest BCUT2D eigenvalue weighted by Crippen LogP contribution is 2.29. The number of hydrogen-bond acceptors (Lipinski definition) is 7. The number of amides is 1. The molecule has 0 spiro atoms. The fraction of sp³-hybridized carbons (Fsp3) is 0.657. The molecule has 0 saturated carbocycles. The van der Waals surface area contributed by atoms with Crippen LogP contribution in [0.5, 0.6) is 5.75 Å². The first-order valence-corrected chi connectivity index (χ1v) is 16.2. The molecule has 0 radical (unpaired) electrons. The van der Waals surface area contributed by atoms with E-state index in [1.165, 1.54) is 31.8 Å². The SMILES string of the molecule is CC#CCOc1ccc(C[C@H](NC(=O)[C@@H](/C=C/CCCCCCOCCCCCCC)[C@@](O)(CCC)C(O)O)C(=O)O)cc1. The number of nitrogens with one attached hydrogen (secondary N) is 1. The molecule has 0 heterocycles. The molecule has 0 bridgehead atoms. The highest BCUT2D eigenvalue weighted by Gasteiger charge is 2.45. The summed E-state index contributed by atoms with van der Waals surface area (Å²) in [5.41, 5.74) is -1.52. The Morgan fingerprint density at radius 2 is 1.59 bits per heavy atom. The van der Waals surface area contributed by atoms with Gasteiger partial charge in [-0.2, -0.15) is 0 Å². The average Bonchev–Trinajstić information content (AvgIpc) is 2.99. The lowest BCUT2D eigenvalue weighted by atomic mass is 9.81. The second-order valence-electron chi connectivity index (χ2n) is 11.2. The summed E-state index contributed by atoms with van der Waals surface area (Å²) in [5, 5.41) is 43.7. The number of carbonyl (C=O) groups excluding carboxylic acids is 1. The molecule has 0 aliphatic carbocycles. The van der Waals surface area contributed by atoms with Crippen LogP contribution in [-0.2, 0) is 20.7 Å². The molecule has 1 rings (SSSR count). The second-order valence-corrected chi connectivity index (χ2v) is 11.2. The van der Waals surface area contributed by atoms with Crippen LogP contribution in [0.25, 0.3) is 0 Å². The third-order valence-electron chi connectivity index (χ3n) is 7.51. The minimum Gasteiger partial charge on any atom is -0.481 e. The van der Waals surface area contributed by atoms with E-state index >= 15 is 0 Å². The summed E-state index contributed by atoms with van der Waals surface area (Å²) in [4.78, 5) is 25.5. The van der Waals surface area contributed by atoms with Crippen molar-refractivity contribution in [1.82, 2.24) is 5.32 Å². The molecule has 5 N–H and O–H groups in total. The van der Waals surface area contributed by atoms with Gasteiger partial charge in [0.2, 0.25) is 5.91 Å². The molecule has 1 amide bonds. The zero-order valence-electron chi connectivity index (χ0n) is 26.9. The van der Waals surface area contributed by atoms with Crippen molar-refractivity contribution in [3.05, 3.63) is 42.0 Å². The first-order chi connectivity index (χ1) is 21.2. The Labute approximate surface area is 264 Å². The molecule has 1 aromatic carbocycles. The Morgan fingerprint density at radius 1 is 0.955 bits per heavy atom. The number of allylic oxidation sites excluding steroid dienone is 1. The van der Waals surface area contributed by atoms with Gasteiger partial charge < -0.3 is 35.2 Å². The lowest BCUT2D eigenvalue weighted by Crippen LogP contribution is -2.56. The van der Waals surface area contributed by atoms with E-state index in [0.29, 0.717) is 24.2 Å². The van der Waals surface area contributed by atoms with Crippen LogP contribution in [0.1, 0.15) is 103 Å². The first kappa shape index (κ1) is 39.1. The molecule has 44 heavy (non-hydrogen) atoms. The van der Waals surface area contributed by atoms with Crippen LogP contribution >= 0.6 is 0 Å². The minimum atomic E-state index is -2.19. The third-order valence-corrected chi connectivity index (χ3v) is 7.51. The van der Waals surface area contributed by atoms with Gasteiger partial charge in [-0.25, -0.2) is 4.79 Å². The smallest absolute Gasteiger partial charge is 0.326 e. The number of carboxylic acid groups (broad SMARTS) is 1. The normalized spacial score (nSPS) is 14.1. The summed E-state index contributed by atoms with van der Waals surface area (Å²) in [6, 6.07) is 5.52. The molecule has 3 atom stereocenters.